The molecular formula is C21H25N5O2. The summed E-state index contributed by atoms with van der Waals surface area (Å²) in [4.78, 5) is 40.5. The fraction of sp³-hybridized carbons (Fsp3) is 0.476. The summed E-state index contributed by atoms with van der Waals surface area (Å²) in [7, 11) is 0. The second-order valence-corrected chi connectivity index (χ2v) is 7.92. The van der Waals surface area contributed by atoms with Gasteiger partial charge in [0.25, 0.3) is 5.91 Å². The van der Waals surface area contributed by atoms with E-state index in [9.17, 15) is 9.59 Å². The Balaban J connectivity index is 1.47. The molecule has 1 N–H and O–H groups in total. The summed E-state index contributed by atoms with van der Waals surface area (Å²) in [5, 5.41) is 3.09. The van der Waals surface area contributed by atoms with Crippen molar-refractivity contribution < 1.29 is 9.59 Å². The zero-order valence-corrected chi connectivity index (χ0v) is 16.3. The summed E-state index contributed by atoms with van der Waals surface area (Å²) >= 11 is 0. The van der Waals surface area contributed by atoms with E-state index in [1.807, 2.05) is 32.0 Å². The number of amides is 2. The number of nitrogens with one attached hydrogen (secondary N) is 1. The summed E-state index contributed by atoms with van der Waals surface area (Å²) in [5.74, 6) is 0.401. The first-order valence-electron chi connectivity index (χ1n) is 9.83. The van der Waals surface area contributed by atoms with Gasteiger partial charge in [0.1, 0.15) is 5.69 Å². The third-order valence-electron chi connectivity index (χ3n) is 5.84. The molecule has 7 heteroatoms. The molecule has 1 saturated heterocycles. The minimum atomic E-state index is -0.427. The summed E-state index contributed by atoms with van der Waals surface area (Å²) < 4.78 is 0. The molecule has 2 amide bonds. The highest BCUT2D eigenvalue weighted by atomic mass is 16.2. The van der Waals surface area contributed by atoms with Crippen molar-refractivity contribution in [3.05, 3.63) is 47.5 Å². The summed E-state index contributed by atoms with van der Waals surface area (Å²) in [6.07, 6.45) is 5.77. The standard InChI is InChI=1S/C21H25N5O2/c1-14-5-3-7-17(23-14)18(27)25-16-6-4-9-21(13-16)10-12-26(19(21)28)20-22-11-8-15(2)24-20/h3,5,7-8,11,16H,4,6,9-10,12-13H2,1-2H3,(H,25,27)/t16-,21-/m0/s1. The van der Waals surface area contributed by atoms with E-state index in [1.54, 1.807) is 17.2 Å². The van der Waals surface area contributed by atoms with E-state index in [-0.39, 0.29) is 17.9 Å². The topological polar surface area (TPSA) is 88.1 Å². The maximum absolute atomic E-state index is 13.3. The number of aromatic nitrogens is 3. The molecular weight excluding hydrogens is 354 g/mol. The Labute approximate surface area is 164 Å². The highest BCUT2D eigenvalue weighted by molar-refractivity contribution is 5.98. The van der Waals surface area contributed by atoms with Gasteiger partial charge in [0, 0.05) is 30.2 Å². The van der Waals surface area contributed by atoms with E-state index in [4.69, 9.17) is 0 Å². The summed E-state index contributed by atoms with van der Waals surface area (Å²) in [5.41, 5.74) is 1.65. The smallest absolute Gasteiger partial charge is 0.270 e. The lowest BCUT2D eigenvalue weighted by molar-refractivity contribution is -0.127. The van der Waals surface area contributed by atoms with Crippen LogP contribution in [0.1, 0.15) is 54.0 Å². The Hall–Kier alpha value is -2.83. The fourth-order valence-corrected chi connectivity index (χ4v) is 4.41. The van der Waals surface area contributed by atoms with Crippen molar-refractivity contribution in [2.45, 2.75) is 52.0 Å². The summed E-state index contributed by atoms with van der Waals surface area (Å²) in [6, 6.07) is 7.22. The van der Waals surface area contributed by atoms with Gasteiger partial charge in [-0.25, -0.2) is 15.0 Å². The van der Waals surface area contributed by atoms with E-state index in [0.29, 0.717) is 24.6 Å². The zero-order valence-electron chi connectivity index (χ0n) is 16.3. The average molecular weight is 379 g/mol. The van der Waals surface area contributed by atoms with Crippen LogP contribution < -0.4 is 10.2 Å². The summed E-state index contributed by atoms with van der Waals surface area (Å²) in [6.45, 7) is 4.39. The van der Waals surface area contributed by atoms with E-state index in [1.165, 1.54) is 0 Å². The molecule has 1 saturated carbocycles. The molecule has 7 nitrogen and oxygen atoms in total. The molecule has 28 heavy (non-hydrogen) atoms. The van der Waals surface area contributed by atoms with Crippen LogP contribution in [0.3, 0.4) is 0 Å². The Morgan fingerprint density at radius 1 is 1.18 bits per heavy atom. The van der Waals surface area contributed by atoms with Crippen molar-refractivity contribution in [1.82, 2.24) is 20.3 Å². The first-order chi connectivity index (χ1) is 13.5. The number of hydrogen-bond donors (Lipinski definition) is 1. The van der Waals surface area contributed by atoms with Crippen molar-refractivity contribution in [2.24, 2.45) is 5.41 Å². The highest BCUT2D eigenvalue weighted by Crippen LogP contribution is 2.45. The van der Waals surface area contributed by atoms with Gasteiger partial charge in [-0.2, -0.15) is 0 Å². The van der Waals surface area contributed by atoms with E-state index in [0.717, 1.165) is 37.1 Å². The third-order valence-corrected chi connectivity index (χ3v) is 5.84. The van der Waals surface area contributed by atoms with Gasteiger partial charge in [-0.1, -0.05) is 12.5 Å². The van der Waals surface area contributed by atoms with Gasteiger partial charge >= 0.3 is 0 Å². The van der Waals surface area contributed by atoms with Crippen molar-refractivity contribution in [3.8, 4) is 0 Å². The van der Waals surface area contributed by atoms with Crippen LogP contribution >= 0.6 is 0 Å². The Kier molecular flexibility index (Phi) is 4.83. The first-order valence-corrected chi connectivity index (χ1v) is 9.83. The highest BCUT2D eigenvalue weighted by Gasteiger charge is 2.50. The lowest BCUT2D eigenvalue weighted by Crippen LogP contribution is -2.46. The molecule has 146 valence electrons. The number of nitrogens with zero attached hydrogens (tertiary/aromatic N) is 4. The minimum Gasteiger partial charge on any atom is -0.348 e. The minimum absolute atomic E-state index is 0.0223. The number of carbonyl (C=O) groups excluding carboxylic acids is 2. The molecule has 2 aliphatic rings. The third kappa shape index (κ3) is 3.48. The predicted molar refractivity (Wildman–Crippen MR) is 105 cm³/mol. The van der Waals surface area contributed by atoms with Crippen LogP contribution in [0.15, 0.2) is 30.5 Å². The maximum atomic E-state index is 13.3. The van der Waals surface area contributed by atoms with Crippen molar-refractivity contribution in [3.63, 3.8) is 0 Å². The van der Waals surface area contributed by atoms with Gasteiger partial charge < -0.3 is 5.32 Å². The molecule has 0 aromatic carbocycles. The van der Waals surface area contributed by atoms with Gasteiger partial charge in [-0.05, 0) is 57.7 Å². The Morgan fingerprint density at radius 3 is 2.79 bits per heavy atom. The lowest BCUT2D eigenvalue weighted by Gasteiger charge is -2.36. The number of anilines is 1. The van der Waals surface area contributed by atoms with Crippen molar-refractivity contribution in [1.29, 1.82) is 0 Å². The fourth-order valence-electron chi connectivity index (χ4n) is 4.41. The number of hydrogen-bond acceptors (Lipinski definition) is 5. The molecule has 1 aliphatic carbocycles. The van der Waals surface area contributed by atoms with E-state index < -0.39 is 5.41 Å². The predicted octanol–water partition coefficient (Wildman–Crippen LogP) is 2.58. The molecule has 3 heterocycles. The molecule has 0 bridgehead atoms. The zero-order chi connectivity index (χ0) is 19.7. The van der Waals surface area contributed by atoms with E-state index in [2.05, 4.69) is 20.3 Å². The molecule has 2 aromatic rings. The van der Waals surface area contributed by atoms with Crippen LogP contribution in [-0.2, 0) is 4.79 Å². The van der Waals surface area contributed by atoms with Gasteiger partial charge in [0.15, 0.2) is 0 Å². The SMILES string of the molecule is Cc1cccc(C(=O)N[C@H]2CCC[C@]3(CCN(c4nccc(C)n4)C3=O)C2)n1. The van der Waals surface area contributed by atoms with E-state index >= 15 is 0 Å². The van der Waals surface area contributed by atoms with Crippen molar-refractivity contribution in [2.75, 3.05) is 11.4 Å². The number of aryl methyl sites for hydroxylation is 2. The van der Waals surface area contributed by atoms with Gasteiger partial charge in [0.2, 0.25) is 11.9 Å². The van der Waals surface area contributed by atoms with Gasteiger partial charge in [0.05, 0.1) is 5.41 Å². The maximum Gasteiger partial charge on any atom is 0.270 e. The number of carbonyl (C=O) groups is 2. The molecule has 0 unspecified atom stereocenters. The lowest BCUT2D eigenvalue weighted by atomic mass is 9.71. The van der Waals surface area contributed by atoms with Gasteiger partial charge in [-0.3, -0.25) is 14.5 Å². The number of pyridine rings is 1. The van der Waals surface area contributed by atoms with Crippen LogP contribution in [0, 0.1) is 19.3 Å². The monoisotopic (exact) mass is 379 g/mol. The van der Waals surface area contributed by atoms with Crippen LogP contribution in [-0.4, -0.2) is 39.4 Å². The molecule has 1 aliphatic heterocycles. The second-order valence-electron chi connectivity index (χ2n) is 7.92. The van der Waals surface area contributed by atoms with Crippen LogP contribution in [0.25, 0.3) is 0 Å². The van der Waals surface area contributed by atoms with Crippen LogP contribution in [0.4, 0.5) is 5.95 Å². The molecule has 0 radical (unpaired) electrons. The van der Waals surface area contributed by atoms with Crippen LogP contribution in [0.5, 0.6) is 0 Å². The molecule has 2 fully saturated rings. The largest absolute Gasteiger partial charge is 0.348 e. The van der Waals surface area contributed by atoms with Gasteiger partial charge in [-0.15, -0.1) is 0 Å². The quantitative estimate of drug-likeness (QED) is 0.886. The van der Waals surface area contributed by atoms with Crippen molar-refractivity contribution >= 4 is 17.8 Å². The molecule has 2 aromatic heterocycles. The first kappa shape index (κ1) is 18.5. The number of rotatable bonds is 3. The second kappa shape index (κ2) is 7.30. The Bertz CT molecular complexity index is 915. The van der Waals surface area contributed by atoms with Crippen LogP contribution in [0.2, 0.25) is 0 Å². The average Bonchev–Trinajstić information content (AvgIpc) is 2.97. The molecule has 4 rings (SSSR count). The molecule has 1 spiro atoms. The Morgan fingerprint density at radius 2 is 2.00 bits per heavy atom. The normalized spacial score (nSPS) is 24.6. The molecule has 2 atom stereocenters.